The standard InChI is InChI=1S/C15H16FNO/c1-9-4-12(8-14(16)5-9)15(18)13-6-10(2)17-11(3)7-13/h4-8,15,18H,1-3H3. The molecular formula is C15H16FNO. The van der Waals surface area contributed by atoms with Crippen LogP contribution in [0.1, 0.15) is 34.2 Å². The first-order valence-electron chi connectivity index (χ1n) is 5.86. The summed E-state index contributed by atoms with van der Waals surface area (Å²) in [4.78, 5) is 4.26. The first-order chi connectivity index (χ1) is 8.45. The monoisotopic (exact) mass is 245 g/mol. The maximum Gasteiger partial charge on any atom is 0.123 e. The van der Waals surface area contributed by atoms with Crippen LogP contribution in [0.25, 0.3) is 0 Å². The van der Waals surface area contributed by atoms with Gasteiger partial charge in [0, 0.05) is 11.4 Å². The fraction of sp³-hybridized carbons (Fsp3) is 0.267. The quantitative estimate of drug-likeness (QED) is 0.881. The highest BCUT2D eigenvalue weighted by Crippen LogP contribution is 2.24. The Bertz CT molecular complexity index is 489. The van der Waals surface area contributed by atoms with E-state index in [1.165, 1.54) is 12.1 Å². The zero-order chi connectivity index (χ0) is 13.3. The van der Waals surface area contributed by atoms with Crippen LogP contribution in [0.3, 0.4) is 0 Å². The summed E-state index contributed by atoms with van der Waals surface area (Å²) in [6.07, 6.45) is -0.820. The molecule has 3 heteroatoms. The molecule has 1 heterocycles. The fourth-order valence-electron chi connectivity index (χ4n) is 2.14. The molecule has 1 aromatic heterocycles. The average Bonchev–Trinajstić information content (AvgIpc) is 2.25. The third-order valence-electron chi connectivity index (χ3n) is 2.80. The van der Waals surface area contributed by atoms with Gasteiger partial charge in [0.2, 0.25) is 0 Å². The van der Waals surface area contributed by atoms with Crippen molar-refractivity contribution in [1.29, 1.82) is 0 Å². The van der Waals surface area contributed by atoms with Gasteiger partial charge >= 0.3 is 0 Å². The van der Waals surface area contributed by atoms with Crippen molar-refractivity contribution in [1.82, 2.24) is 4.98 Å². The van der Waals surface area contributed by atoms with Gasteiger partial charge in [-0.25, -0.2) is 4.39 Å². The molecular weight excluding hydrogens is 229 g/mol. The first-order valence-corrected chi connectivity index (χ1v) is 5.86. The number of aliphatic hydroxyl groups excluding tert-OH is 1. The molecule has 94 valence electrons. The molecule has 0 aliphatic heterocycles. The van der Waals surface area contributed by atoms with Gasteiger partial charge < -0.3 is 5.11 Å². The van der Waals surface area contributed by atoms with Gasteiger partial charge in [-0.05, 0) is 61.7 Å². The van der Waals surface area contributed by atoms with Crippen LogP contribution >= 0.6 is 0 Å². The summed E-state index contributed by atoms with van der Waals surface area (Å²) in [7, 11) is 0. The van der Waals surface area contributed by atoms with Crippen LogP contribution in [0.2, 0.25) is 0 Å². The minimum atomic E-state index is -0.820. The number of hydrogen-bond donors (Lipinski definition) is 1. The number of aromatic nitrogens is 1. The summed E-state index contributed by atoms with van der Waals surface area (Å²) in [5, 5.41) is 10.3. The van der Waals surface area contributed by atoms with Crippen molar-refractivity contribution in [3.8, 4) is 0 Å². The topological polar surface area (TPSA) is 33.1 Å². The molecule has 18 heavy (non-hydrogen) atoms. The predicted molar refractivity (Wildman–Crippen MR) is 68.9 cm³/mol. The Hall–Kier alpha value is -1.74. The van der Waals surface area contributed by atoms with Crippen LogP contribution in [0.4, 0.5) is 4.39 Å². The Labute approximate surface area is 106 Å². The van der Waals surface area contributed by atoms with E-state index in [1.807, 2.05) is 32.9 Å². The highest BCUT2D eigenvalue weighted by molar-refractivity contribution is 5.34. The molecule has 0 radical (unpaired) electrons. The van der Waals surface area contributed by atoms with Gasteiger partial charge in [0.25, 0.3) is 0 Å². The number of aryl methyl sites for hydroxylation is 3. The Morgan fingerprint density at radius 3 is 2.06 bits per heavy atom. The fourth-order valence-corrected chi connectivity index (χ4v) is 2.14. The van der Waals surface area contributed by atoms with Gasteiger partial charge in [0.05, 0.1) is 0 Å². The van der Waals surface area contributed by atoms with Gasteiger partial charge in [0.15, 0.2) is 0 Å². The van der Waals surface area contributed by atoms with Crippen LogP contribution < -0.4 is 0 Å². The van der Waals surface area contributed by atoms with Crippen molar-refractivity contribution in [2.24, 2.45) is 0 Å². The molecule has 0 spiro atoms. The Morgan fingerprint density at radius 2 is 1.50 bits per heavy atom. The minimum absolute atomic E-state index is 0.327. The molecule has 1 aromatic carbocycles. The Balaban J connectivity index is 2.43. The molecule has 1 atom stereocenters. The summed E-state index contributed by atoms with van der Waals surface area (Å²) in [5.74, 6) is -0.327. The minimum Gasteiger partial charge on any atom is -0.384 e. The van der Waals surface area contributed by atoms with Gasteiger partial charge in [-0.1, -0.05) is 6.07 Å². The summed E-state index contributed by atoms with van der Waals surface area (Å²) in [5.41, 5.74) is 3.79. The second-order valence-electron chi connectivity index (χ2n) is 4.65. The molecule has 2 nitrogen and oxygen atoms in total. The smallest absolute Gasteiger partial charge is 0.123 e. The van der Waals surface area contributed by atoms with E-state index in [2.05, 4.69) is 4.98 Å². The SMILES string of the molecule is Cc1cc(F)cc(C(O)c2cc(C)nc(C)c2)c1. The van der Waals surface area contributed by atoms with Gasteiger partial charge in [-0.2, -0.15) is 0 Å². The largest absolute Gasteiger partial charge is 0.384 e. The van der Waals surface area contributed by atoms with E-state index >= 15 is 0 Å². The van der Waals surface area contributed by atoms with Crippen molar-refractivity contribution >= 4 is 0 Å². The highest BCUT2D eigenvalue weighted by atomic mass is 19.1. The normalized spacial score (nSPS) is 12.5. The molecule has 0 amide bonds. The van der Waals surface area contributed by atoms with Crippen LogP contribution in [0.15, 0.2) is 30.3 Å². The highest BCUT2D eigenvalue weighted by Gasteiger charge is 2.13. The third kappa shape index (κ3) is 2.74. The van der Waals surface area contributed by atoms with Crippen molar-refractivity contribution in [3.05, 3.63) is 64.2 Å². The lowest BCUT2D eigenvalue weighted by atomic mass is 9.99. The van der Waals surface area contributed by atoms with E-state index in [9.17, 15) is 9.50 Å². The third-order valence-corrected chi connectivity index (χ3v) is 2.80. The van der Waals surface area contributed by atoms with Crippen molar-refractivity contribution in [2.45, 2.75) is 26.9 Å². The van der Waals surface area contributed by atoms with Gasteiger partial charge in [-0.15, -0.1) is 0 Å². The summed E-state index contributed by atoms with van der Waals surface area (Å²) in [6.45, 7) is 5.56. The van der Waals surface area contributed by atoms with Crippen LogP contribution in [-0.4, -0.2) is 10.1 Å². The van der Waals surface area contributed by atoms with Crippen LogP contribution in [-0.2, 0) is 0 Å². The average molecular weight is 245 g/mol. The maximum atomic E-state index is 13.3. The van der Waals surface area contributed by atoms with Gasteiger partial charge in [-0.3, -0.25) is 4.98 Å². The molecule has 0 bridgehead atoms. The number of aliphatic hydroxyl groups is 1. The van der Waals surface area contributed by atoms with Crippen molar-refractivity contribution in [2.75, 3.05) is 0 Å². The van der Waals surface area contributed by atoms with E-state index in [0.717, 1.165) is 22.5 Å². The summed E-state index contributed by atoms with van der Waals surface area (Å²) < 4.78 is 13.3. The van der Waals surface area contributed by atoms with Crippen molar-refractivity contribution in [3.63, 3.8) is 0 Å². The second kappa shape index (κ2) is 4.86. The van der Waals surface area contributed by atoms with Crippen LogP contribution in [0.5, 0.6) is 0 Å². The number of pyridine rings is 1. The number of halogens is 1. The summed E-state index contributed by atoms with van der Waals surface area (Å²) in [6, 6.07) is 8.23. The Morgan fingerprint density at radius 1 is 0.944 bits per heavy atom. The predicted octanol–water partition coefficient (Wildman–Crippen LogP) is 3.23. The number of nitrogens with zero attached hydrogens (tertiary/aromatic N) is 1. The second-order valence-corrected chi connectivity index (χ2v) is 4.65. The lowest BCUT2D eigenvalue weighted by Gasteiger charge is -2.13. The molecule has 2 aromatic rings. The number of benzene rings is 1. The van der Waals surface area contributed by atoms with Crippen molar-refractivity contribution < 1.29 is 9.50 Å². The maximum absolute atomic E-state index is 13.3. The molecule has 2 rings (SSSR count). The number of hydrogen-bond acceptors (Lipinski definition) is 2. The first kappa shape index (κ1) is 12.7. The van der Waals surface area contributed by atoms with E-state index < -0.39 is 6.10 Å². The van der Waals surface area contributed by atoms with E-state index in [1.54, 1.807) is 6.07 Å². The van der Waals surface area contributed by atoms with E-state index in [0.29, 0.717) is 5.56 Å². The Kier molecular flexibility index (Phi) is 3.43. The van der Waals surface area contributed by atoms with Crippen LogP contribution in [0, 0.1) is 26.6 Å². The number of rotatable bonds is 2. The zero-order valence-corrected chi connectivity index (χ0v) is 10.7. The summed E-state index contributed by atoms with van der Waals surface area (Å²) >= 11 is 0. The lowest BCUT2D eigenvalue weighted by molar-refractivity contribution is 0.219. The zero-order valence-electron chi connectivity index (χ0n) is 10.7. The lowest BCUT2D eigenvalue weighted by Crippen LogP contribution is -2.03. The molecule has 1 unspecified atom stereocenters. The molecule has 0 fully saturated rings. The molecule has 0 saturated carbocycles. The molecule has 0 saturated heterocycles. The van der Waals surface area contributed by atoms with E-state index in [4.69, 9.17) is 0 Å². The molecule has 0 aliphatic rings. The molecule has 0 aliphatic carbocycles. The van der Waals surface area contributed by atoms with E-state index in [-0.39, 0.29) is 5.82 Å². The van der Waals surface area contributed by atoms with Gasteiger partial charge in [0.1, 0.15) is 11.9 Å². The molecule has 1 N–H and O–H groups in total.